The fourth-order valence-electron chi connectivity index (χ4n) is 2.28. The first-order valence-corrected chi connectivity index (χ1v) is 6.55. The normalized spacial score (nSPS) is 13.0. The van der Waals surface area contributed by atoms with Crippen LogP contribution in [0.2, 0.25) is 0 Å². The van der Waals surface area contributed by atoms with Crippen molar-refractivity contribution in [2.24, 2.45) is 0 Å². The monoisotopic (exact) mass is 296 g/mol. The number of imide groups is 1. The molecule has 0 saturated heterocycles. The first-order valence-electron chi connectivity index (χ1n) is 6.55. The van der Waals surface area contributed by atoms with E-state index in [-0.39, 0.29) is 16.7 Å². The maximum absolute atomic E-state index is 12.3. The number of amides is 3. The number of benzene rings is 2. The van der Waals surface area contributed by atoms with E-state index in [1.54, 1.807) is 48.5 Å². The molecule has 0 bridgehead atoms. The predicted molar refractivity (Wildman–Crippen MR) is 77.4 cm³/mol. The molecule has 2 aromatic carbocycles. The molecule has 3 rings (SSSR count). The van der Waals surface area contributed by atoms with Crippen LogP contribution in [-0.2, 0) is 0 Å². The van der Waals surface area contributed by atoms with Crippen molar-refractivity contribution in [2.75, 3.05) is 7.11 Å². The summed E-state index contributed by atoms with van der Waals surface area (Å²) in [5.74, 6) is -1.34. The Bertz CT molecular complexity index is 750. The van der Waals surface area contributed by atoms with Crippen LogP contribution in [-0.4, -0.2) is 29.8 Å². The van der Waals surface area contributed by atoms with E-state index in [1.807, 2.05) is 0 Å². The highest BCUT2D eigenvalue weighted by Gasteiger charge is 2.36. The van der Waals surface area contributed by atoms with Crippen molar-refractivity contribution < 1.29 is 19.1 Å². The Morgan fingerprint density at radius 1 is 0.955 bits per heavy atom. The van der Waals surface area contributed by atoms with Crippen LogP contribution in [0.15, 0.2) is 48.5 Å². The summed E-state index contributed by atoms with van der Waals surface area (Å²) in [5.41, 5.74) is 3.11. The minimum Gasteiger partial charge on any atom is -0.496 e. The number of carbonyl (C=O) groups is 3. The third kappa shape index (κ3) is 2.10. The van der Waals surface area contributed by atoms with Gasteiger partial charge in [-0.05, 0) is 24.3 Å². The van der Waals surface area contributed by atoms with Gasteiger partial charge >= 0.3 is 0 Å². The van der Waals surface area contributed by atoms with E-state index >= 15 is 0 Å². The van der Waals surface area contributed by atoms with E-state index < -0.39 is 17.7 Å². The first kappa shape index (κ1) is 13.8. The molecule has 0 radical (unpaired) electrons. The number of hydrogen-bond donors (Lipinski definition) is 1. The third-order valence-corrected chi connectivity index (χ3v) is 3.36. The van der Waals surface area contributed by atoms with E-state index in [0.29, 0.717) is 5.75 Å². The summed E-state index contributed by atoms with van der Waals surface area (Å²) in [6.07, 6.45) is 0. The molecule has 6 nitrogen and oxygen atoms in total. The molecule has 0 spiro atoms. The smallest absolute Gasteiger partial charge is 0.280 e. The van der Waals surface area contributed by atoms with Gasteiger partial charge in [0.2, 0.25) is 0 Å². The number of rotatable bonds is 3. The molecule has 1 aliphatic rings. The fourth-order valence-corrected chi connectivity index (χ4v) is 2.28. The lowest BCUT2D eigenvalue weighted by Gasteiger charge is -2.16. The SMILES string of the molecule is COc1ccccc1C(=O)NN1C(=O)c2ccccc2C1=O. The second-order valence-electron chi connectivity index (χ2n) is 4.63. The van der Waals surface area contributed by atoms with Gasteiger partial charge in [-0.15, -0.1) is 0 Å². The summed E-state index contributed by atoms with van der Waals surface area (Å²) in [6, 6.07) is 13.0. The number of nitrogens with zero attached hydrogens (tertiary/aromatic N) is 1. The molecule has 0 saturated carbocycles. The zero-order chi connectivity index (χ0) is 15.7. The topological polar surface area (TPSA) is 75.7 Å². The van der Waals surface area contributed by atoms with Crippen LogP contribution in [0.5, 0.6) is 5.75 Å². The van der Waals surface area contributed by atoms with Crippen LogP contribution in [0.4, 0.5) is 0 Å². The van der Waals surface area contributed by atoms with Gasteiger partial charge in [-0.3, -0.25) is 19.8 Å². The Morgan fingerprint density at radius 2 is 1.50 bits per heavy atom. The van der Waals surface area contributed by atoms with Crippen LogP contribution >= 0.6 is 0 Å². The van der Waals surface area contributed by atoms with Gasteiger partial charge in [-0.2, -0.15) is 5.01 Å². The largest absolute Gasteiger partial charge is 0.496 e. The average Bonchev–Trinajstić information content (AvgIpc) is 2.80. The lowest BCUT2D eigenvalue weighted by molar-refractivity contribution is 0.0517. The van der Waals surface area contributed by atoms with Crippen LogP contribution in [0, 0.1) is 0 Å². The molecule has 0 unspecified atom stereocenters. The molecule has 3 amide bonds. The quantitative estimate of drug-likeness (QED) is 0.874. The maximum atomic E-state index is 12.3. The number of fused-ring (bicyclic) bond motifs is 1. The molecule has 6 heteroatoms. The van der Waals surface area contributed by atoms with Gasteiger partial charge in [-0.1, -0.05) is 24.3 Å². The van der Waals surface area contributed by atoms with Gasteiger partial charge in [0.15, 0.2) is 0 Å². The van der Waals surface area contributed by atoms with Crippen molar-refractivity contribution in [1.29, 1.82) is 0 Å². The van der Waals surface area contributed by atoms with E-state index in [4.69, 9.17) is 4.74 Å². The molecule has 1 aliphatic heterocycles. The Labute approximate surface area is 126 Å². The van der Waals surface area contributed by atoms with E-state index in [1.165, 1.54) is 7.11 Å². The van der Waals surface area contributed by atoms with Crippen LogP contribution in [0.1, 0.15) is 31.1 Å². The second-order valence-corrected chi connectivity index (χ2v) is 4.63. The maximum Gasteiger partial charge on any atom is 0.280 e. The Hall–Kier alpha value is -3.15. The highest BCUT2D eigenvalue weighted by molar-refractivity contribution is 6.22. The molecule has 2 aromatic rings. The molecular weight excluding hydrogens is 284 g/mol. The van der Waals surface area contributed by atoms with Gasteiger partial charge in [0, 0.05) is 0 Å². The minimum absolute atomic E-state index is 0.238. The third-order valence-electron chi connectivity index (χ3n) is 3.36. The molecule has 0 atom stereocenters. The van der Waals surface area contributed by atoms with Gasteiger partial charge in [0.25, 0.3) is 17.7 Å². The number of carbonyl (C=O) groups excluding carboxylic acids is 3. The average molecular weight is 296 g/mol. The van der Waals surface area contributed by atoms with Crippen LogP contribution < -0.4 is 10.2 Å². The summed E-state index contributed by atoms with van der Waals surface area (Å²) >= 11 is 0. The lowest BCUT2D eigenvalue weighted by Crippen LogP contribution is -2.45. The predicted octanol–water partition coefficient (Wildman–Crippen LogP) is 1.64. The lowest BCUT2D eigenvalue weighted by atomic mass is 10.1. The summed E-state index contributed by atoms with van der Waals surface area (Å²) in [4.78, 5) is 36.7. The molecule has 0 aromatic heterocycles. The number of hydrogen-bond acceptors (Lipinski definition) is 4. The molecular formula is C16H12N2O4. The van der Waals surface area contributed by atoms with Gasteiger partial charge < -0.3 is 4.74 Å². The van der Waals surface area contributed by atoms with Crippen molar-refractivity contribution in [2.45, 2.75) is 0 Å². The van der Waals surface area contributed by atoms with E-state index in [0.717, 1.165) is 5.01 Å². The summed E-state index contributed by atoms with van der Waals surface area (Å²) in [5, 5.41) is 0.722. The number of nitrogens with one attached hydrogen (secondary N) is 1. The number of para-hydroxylation sites is 1. The van der Waals surface area contributed by atoms with E-state index in [2.05, 4.69) is 5.43 Å². The van der Waals surface area contributed by atoms with Crippen molar-refractivity contribution in [1.82, 2.24) is 10.4 Å². The van der Waals surface area contributed by atoms with Crippen molar-refractivity contribution in [3.8, 4) is 5.75 Å². The number of hydrazine groups is 1. The highest BCUT2D eigenvalue weighted by Crippen LogP contribution is 2.22. The molecule has 1 heterocycles. The Balaban J connectivity index is 1.87. The van der Waals surface area contributed by atoms with Crippen molar-refractivity contribution in [3.05, 3.63) is 65.2 Å². The molecule has 0 aliphatic carbocycles. The summed E-state index contributed by atoms with van der Waals surface area (Å²) < 4.78 is 5.10. The molecule has 110 valence electrons. The van der Waals surface area contributed by atoms with Crippen LogP contribution in [0.3, 0.4) is 0 Å². The molecule has 1 N–H and O–H groups in total. The number of ether oxygens (including phenoxy) is 1. The van der Waals surface area contributed by atoms with Crippen molar-refractivity contribution >= 4 is 17.7 Å². The molecule has 22 heavy (non-hydrogen) atoms. The minimum atomic E-state index is -0.591. The fraction of sp³-hybridized carbons (Fsp3) is 0.0625. The summed E-state index contributed by atoms with van der Waals surface area (Å²) in [6.45, 7) is 0. The Kier molecular flexibility index (Phi) is 3.34. The molecule has 0 fully saturated rings. The van der Waals surface area contributed by atoms with Crippen LogP contribution in [0.25, 0.3) is 0 Å². The number of methoxy groups -OCH3 is 1. The highest BCUT2D eigenvalue weighted by atomic mass is 16.5. The zero-order valence-corrected chi connectivity index (χ0v) is 11.7. The van der Waals surface area contributed by atoms with Gasteiger partial charge in [0.1, 0.15) is 5.75 Å². The first-order chi connectivity index (χ1) is 10.6. The standard InChI is InChI=1S/C16H12N2O4/c1-22-13-9-5-4-8-12(13)14(19)17-18-15(20)10-6-2-3-7-11(10)16(18)21/h2-9H,1H3,(H,17,19). The van der Waals surface area contributed by atoms with Gasteiger partial charge in [0.05, 0.1) is 23.8 Å². The zero-order valence-electron chi connectivity index (χ0n) is 11.7. The Morgan fingerprint density at radius 3 is 2.09 bits per heavy atom. The van der Waals surface area contributed by atoms with Crippen molar-refractivity contribution in [3.63, 3.8) is 0 Å². The second kappa shape index (κ2) is 5.33. The summed E-state index contributed by atoms with van der Waals surface area (Å²) in [7, 11) is 1.44. The van der Waals surface area contributed by atoms with Gasteiger partial charge in [-0.25, -0.2) is 0 Å². The van der Waals surface area contributed by atoms with E-state index in [9.17, 15) is 14.4 Å².